The average molecular weight is 346 g/mol. The van der Waals surface area contributed by atoms with E-state index in [0.717, 1.165) is 38.5 Å². The van der Waals surface area contributed by atoms with Gasteiger partial charge in [0.15, 0.2) is 0 Å². The first-order valence-electron chi connectivity index (χ1n) is 9.40. The van der Waals surface area contributed by atoms with E-state index in [1.54, 1.807) is 23.1 Å². The monoisotopic (exact) mass is 346 g/mol. The molecule has 1 atom stereocenters. The summed E-state index contributed by atoms with van der Waals surface area (Å²) in [5.74, 6) is 0.750. The summed E-state index contributed by atoms with van der Waals surface area (Å²) in [6.45, 7) is 4.18. The lowest BCUT2D eigenvalue weighted by Crippen LogP contribution is -2.72. The van der Waals surface area contributed by atoms with Gasteiger partial charge in [0, 0.05) is 26.3 Å². The number of ether oxygens (including phenoxy) is 1. The highest BCUT2D eigenvalue weighted by Gasteiger charge is 2.51. The second-order valence-corrected chi connectivity index (χ2v) is 8.13. The SMILES string of the molecule is CN1CC[C@H](COCC2CC2)CC12CN(C(=O)c1ccccc1F)C2. The van der Waals surface area contributed by atoms with Gasteiger partial charge in [-0.2, -0.15) is 0 Å². The maximum absolute atomic E-state index is 13.9. The fourth-order valence-electron chi connectivity index (χ4n) is 4.22. The molecule has 1 aromatic carbocycles. The molecule has 4 rings (SSSR count). The van der Waals surface area contributed by atoms with Crippen LogP contribution in [0.4, 0.5) is 4.39 Å². The second-order valence-electron chi connectivity index (χ2n) is 8.13. The first-order valence-corrected chi connectivity index (χ1v) is 9.40. The first kappa shape index (κ1) is 17.0. The minimum Gasteiger partial charge on any atom is -0.381 e. The average Bonchev–Trinajstić information content (AvgIpc) is 3.38. The molecule has 136 valence electrons. The molecule has 1 aromatic rings. The molecule has 25 heavy (non-hydrogen) atoms. The van der Waals surface area contributed by atoms with Crippen LogP contribution < -0.4 is 0 Å². The van der Waals surface area contributed by atoms with Gasteiger partial charge in [-0.25, -0.2) is 4.39 Å². The third-order valence-electron chi connectivity index (χ3n) is 6.12. The normalized spacial score (nSPS) is 25.8. The molecule has 4 nitrogen and oxygen atoms in total. The predicted octanol–water partition coefficient (Wildman–Crippen LogP) is 2.79. The number of amides is 1. The lowest BCUT2D eigenvalue weighted by Gasteiger charge is -2.58. The summed E-state index contributed by atoms with van der Waals surface area (Å²) in [6.07, 6.45) is 4.87. The summed E-state index contributed by atoms with van der Waals surface area (Å²) in [6, 6.07) is 6.25. The third-order valence-corrected chi connectivity index (χ3v) is 6.12. The Morgan fingerprint density at radius 2 is 1.92 bits per heavy atom. The summed E-state index contributed by atoms with van der Waals surface area (Å²) in [5.41, 5.74) is 0.229. The Kier molecular flexibility index (Phi) is 4.54. The minimum absolute atomic E-state index is 0.0484. The van der Waals surface area contributed by atoms with E-state index in [1.165, 1.54) is 18.9 Å². The molecule has 5 heteroatoms. The zero-order valence-corrected chi connectivity index (χ0v) is 14.9. The molecule has 3 fully saturated rings. The molecule has 0 N–H and O–H groups in total. The minimum atomic E-state index is -0.434. The number of likely N-dealkylation sites (tertiary alicyclic amines) is 2. The van der Waals surface area contributed by atoms with Gasteiger partial charge in [0.2, 0.25) is 0 Å². The van der Waals surface area contributed by atoms with Gasteiger partial charge in [0.1, 0.15) is 5.82 Å². The van der Waals surface area contributed by atoms with Gasteiger partial charge in [-0.1, -0.05) is 12.1 Å². The van der Waals surface area contributed by atoms with Crippen LogP contribution in [0.1, 0.15) is 36.0 Å². The molecule has 2 aliphatic heterocycles. The van der Waals surface area contributed by atoms with Crippen molar-refractivity contribution in [1.29, 1.82) is 0 Å². The van der Waals surface area contributed by atoms with Gasteiger partial charge in [-0.3, -0.25) is 9.69 Å². The van der Waals surface area contributed by atoms with Crippen molar-refractivity contribution in [2.75, 3.05) is 39.9 Å². The van der Waals surface area contributed by atoms with E-state index in [4.69, 9.17) is 4.74 Å². The number of halogens is 1. The molecule has 1 spiro atoms. The number of nitrogens with zero attached hydrogens (tertiary/aromatic N) is 2. The van der Waals surface area contributed by atoms with E-state index in [-0.39, 0.29) is 17.0 Å². The van der Waals surface area contributed by atoms with Crippen molar-refractivity contribution in [1.82, 2.24) is 9.80 Å². The van der Waals surface area contributed by atoms with Crippen molar-refractivity contribution in [2.24, 2.45) is 11.8 Å². The molecule has 0 bridgehead atoms. The number of carbonyl (C=O) groups is 1. The maximum Gasteiger partial charge on any atom is 0.256 e. The number of piperidine rings is 1. The number of benzene rings is 1. The number of likely N-dealkylation sites (N-methyl/N-ethyl adjacent to an activating group) is 1. The van der Waals surface area contributed by atoms with Gasteiger partial charge >= 0.3 is 0 Å². The van der Waals surface area contributed by atoms with Gasteiger partial charge in [0.25, 0.3) is 5.91 Å². The first-order chi connectivity index (χ1) is 12.1. The molecule has 0 aromatic heterocycles. The number of hydrogen-bond donors (Lipinski definition) is 0. The smallest absolute Gasteiger partial charge is 0.256 e. The molecule has 1 saturated carbocycles. The van der Waals surface area contributed by atoms with Crippen LogP contribution >= 0.6 is 0 Å². The largest absolute Gasteiger partial charge is 0.381 e. The highest BCUT2D eigenvalue weighted by atomic mass is 19.1. The molecular weight excluding hydrogens is 319 g/mol. The van der Waals surface area contributed by atoms with E-state index in [0.29, 0.717) is 19.0 Å². The number of carbonyl (C=O) groups excluding carboxylic acids is 1. The quantitative estimate of drug-likeness (QED) is 0.822. The Hall–Kier alpha value is -1.46. The van der Waals surface area contributed by atoms with Gasteiger partial charge in [0.05, 0.1) is 11.1 Å². The predicted molar refractivity (Wildman–Crippen MR) is 93.9 cm³/mol. The molecule has 2 heterocycles. The summed E-state index contributed by atoms with van der Waals surface area (Å²) in [4.78, 5) is 16.7. The lowest BCUT2D eigenvalue weighted by molar-refractivity contribution is -0.0762. The van der Waals surface area contributed by atoms with Crippen LogP contribution in [0, 0.1) is 17.7 Å². The van der Waals surface area contributed by atoms with Gasteiger partial charge in [-0.15, -0.1) is 0 Å². The van der Waals surface area contributed by atoms with Crippen molar-refractivity contribution in [3.05, 3.63) is 35.6 Å². The zero-order valence-electron chi connectivity index (χ0n) is 14.9. The lowest BCUT2D eigenvalue weighted by atomic mass is 9.75. The Morgan fingerprint density at radius 3 is 2.64 bits per heavy atom. The molecular formula is C20H27FN2O2. The molecule has 0 radical (unpaired) electrons. The van der Waals surface area contributed by atoms with Crippen LogP contribution in [-0.4, -0.2) is 61.1 Å². The second kappa shape index (κ2) is 6.69. The van der Waals surface area contributed by atoms with Crippen LogP contribution in [0.2, 0.25) is 0 Å². The van der Waals surface area contributed by atoms with Crippen molar-refractivity contribution in [2.45, 2.75) is 31.2 Å². The van der Waals surface area contributed by atoms with E-state index >= 15 is 0 Å². The number of rotatable bonds is 5. The van der Waals surface area contributed by atoms with Crippen LogP contribution in [0.3, 0.4) is 0 Å². The highest BCUT2D eigenvalue weighted by Crippen LogP contribution is 2.39. The van der Waals surface area contributed by atoms with E-state index in [1.807, 2.05) is 0 Å². The third kappa shape index (κ3) is 3.44. The Bertz CT molecular complexity index is 640. The van der Waals surface area contributed by atoms with Crippen LogP contribution in [0.15, 0.2) is 24.3 Å². The molecule has 0 unspecified atom stereocenters. The Balaban J connectivity index is 1.34. The van der Waals surface area contributed by atoms with Crippen LogP contribution in [0.25, 0.3) is 0 Å². The van der Waals surface area contributed by atoms with Crippen molar-refractivity contribution < 1.29 is 13.9 Å². The summed E-state index contributed by atoms with van der Waals surface area (Å²) >= 11 is 0. The van der Waals surface area contributed by atoms with Crippen LogP contribution in [-0.2, 0) is 4.74 Å². The van der Waals surface area contributed by atoms with Crippen molar-refractivity contribution in [3.63, 3.8) is 0 Å². The van der Waals surface area contributed by atoms with E-state index < -0.39 is 5.82 Å². The van der Waals surface area contributed by atoms with Gasteiger partial charge in [-0.05, 0) is 63.2 Å². The molecule has 1 amide bonds. The molecule has 3 aliphatic rings. The zero-order chi connectivity index (χ0) is 17.4. The van der Waals surface area contributed by atoms with Crippen molar-refractivity contribution in [3.8, 4) is 0 Å². The van der Waals surface area contributed by atoms with Crippen LogP contribution in [0.5, 0.6) is 0 Å². The summed E-state index contributed by atoms with van der Waals surface area (Å²) in [5, 5.41) is 0. The van der Waals surface area contributed by atoms with E-state index in [9.17, 15) is 9.18 Å². The Morgan fingerprint density at radius 1 is 1.20 bits per heavy atom. The van der Waals surface area contributed by atoms with Gasteiger partial charge < -0.3 is 9.64 Å². The summed E-state index contributed by atoms with van der Waals surface area (Å²) in [7, 11) is 2.15. The standard InChI is InChI=1S/C20H27FN2O2/c1-22-9-8-16(12-25-11-15-6-7-15)10-20(22)13-23(14-20)19(24)17-4-2-3-5-18(17)21/h2-5,15-16H,6-14H2,1H3/t16-/m0/s1. The summed E-state index contributed by atoms with van der Waals surface area (Å²) < 4.78 is 19.8. The fourth-order valence-corrected chi connectivity index (χ4v) is 4.22. The fraction of sp³-hybridized carbons (Fsp3) is 0.650. The van der Waals surface area contributed by atoms with E-state index in [2.05, 4.69) is 11.9 Å². The molecule has 1 aliphatic carbocycles. The highest BCUT2D eigenvalue weighted by molar-refractivity contribution is 5.95. The topological polar surface area (TPSA) is 32.8 Å². The number of hydrogen-bond acceptors (Lipinski definition) is 3. The van der Waals surface area contributed by atoms with Crippen molar-refractivity contribution >= 4 is 5.91 Å². The maximum atomic E-state index is 13.9. The Labute approximate surface area is 148 Å². The molecule has 2 saturated heterocycles.